The Kier molecular flexibility index (Phi) is 3.39. The Bertz CT molecular complexity index is 571. The number of nitrogens with zero attached hydrogens (tertiary/aromatic N) is 1. The zero-order valence-corrected chi connectivity index (χ0v) is 10.4. The first-order valence-electron chi connectivity index (χ1n) is 4.38. The van der Waals surface area contributed by atoms with E-state index in [1.54, 1.807) is 18.2 Å². The van der Waals surface area contributed by atoms with Gasteiger partial charge in [-0.15, -0.1) is 11.3 Å². The maximum absolute atomic E-state index is 12.1. The number of thiophene rings is 1. The van der Waals surface area contributed by atoms with E-state index in [1.165, 1.54) is 0 Å². The van der Waals surface area contributed by atoms with Gasteiger partial charge in [0.25, 0.3) is 0 Å². The second-order valence-corrected chi connectivity index (χ2v) is 6.05. The largest absolute Gasteiger partial charge is 0.249 e. The molecule has 0 aliphatic rings. The number of rotatable bonds is 2. The van der Waals surface area contributed by atoms with Crippen molar-refractivity contribution in [3.8, 4) is 6.07 Å². The van der Waals surface area contributed by atoms with Crippen molar-refractivity contribution in [2.45, 2.75) is 9.79 Å². The van der Waals surface area contributed by atoms with Crippen LogP contribution in [-0.4, -0.2) is 4.21 Å². The summed E-state index contributed by atoms with van der Waals surface area (Å²) < 4.78 is 12.5. The van der Waals surface area contributed by atoms with Gasteiger partial charge in [0.2, 0.25) is 0 Å². The van der Waals surface area contributed by atoms with Crippen molar-refractivity contribution in [2.24, 2.45) is 0 Å². The molecule has 0 fully saturated rings. The highest BCUT2D eigenvalue weighted by atomic mass is 35.5. The molecule has 2 rings (SSSR count). The van der Waals surface area contributed by atoms with Gasteiger partial charge >= 0.3 is 0 Å². The fourth-order valence-electron chi connectivity index (χ4n) is 1.20. The lowest BCUT2D eigenvalue weighted by molar-refractivity contribution is 0.683. The second kappa shape index (κ2) is 4.79. The van der Waals surface area contributed by atoms with Crippen LogP contribution in [0.4, 0.5) is 0 Å². The SMILES string of the molecule is N#Cc1cc(S(=O)c2ccccc2)c(Cl)s1. The highest BCUT2D eigenvalue weighted by Gasteiger charge is 2.14. The molecular weight excluding hydrogens is 262 g/mol. The van der Waals surface area contributed by atoms with Crippen LogP contribution < -0.4 is 0 Å². The van der Waals surface area contributed by atoms with E-state index in [-0.39, 0.29) is 0 Å². The van der Waals surface area contributed by atoms with E-state index in [1.807, 2.05) is 24.3 Å². The zero-order valence-electron chi connectivity index (χ0n) is 8.01. The average molecular weight is 268 g/mol. The minimum Gasteiger partial charge on any atom is -0.249 e. The minimum atomic E-state index is -1.31. The lowest BCUT2D eigenvalue weighted by atomic mass is 10.4. The fraction of sp³-hybridized carbons (Fsp3) is 0. The molecule has 0 spiro atoms. The Balaban J connectivity index is 2.43. The van der Waals surface area contributed by atoms with Crippen LogP contribution in [-0.2, 0) is 10.8 Å². The third kappa shape index (κ3) is 2.17. The highest BCUT2D eigenvalue weighted by molar-refractivity contribution is 7.85. The monoisotopic (exact) mass is 267 g/mol. The molecule has 2 nitrogen and oxygen atoms in total. The Morgan fingerprint density at radius 1 is 1.31 bits per heavy atom. The smallest absolute Gasteiger partial charge is 0.111 e. The van der Waals surface area contributed by atoms with Crippen LogP contribution in [0.1, 0.15) is 4.88 Å². The van der Waals surface area contributed by atoms with Gasteiger partial charge in [-0.25, -0.2) is 4.21 Å². The summed E-state index contributed by atoms with van der Waals surface area (Å²) in [5.41, 5.74) is 0. The van der Waals surface area contributed by atoms with E-state index >= 15 is 0 Å². The average Bonchev–Trinajstić information content (AvgIpc) is 2.71. The molecule has 1 heterocycles. The Labute approximate surface area is 105 Å². The van der Waals surface area contributed by atoms with Crippen LogP contribution in [0.15, 0.2) is 46.2 Å². The molecule has 0 saturated carbocycles. The Hall–Kier alpha value is -1.15. The van der Waals surface area contributed by atoms with Crippen molar-refractivity contribution in [1.82, 2.24) is 0 Å². The zero-order chi connectivity index (χ0) is 11.5. The summed E-state index contributed by atoms with van der Waals surface area (Å²) in [7, 11) is -1.31. The summed E-state index contributed by atoms with van der Waals surface area (Å²) >= 11 is 7.09. The van der Waals surface area contributed by atoms with Crippen molar-refractivity contribution in [2.75, 3.05) is 0 Å². The van der Waals surface area contributed by atoms with Crippen LogP contribution in [0.5, 0.6) is 0 Å². The van der Waals surface area contributed by atoms with Gasteiger partial charge in [-0.05, 0) is 18.2 Å². The molecule has 0 aliphatic carbocycles. The molecule has 16 heavy (non-hydrogen) atoms. The number of hydrogen-bond donors (Lipinski definition) is 0. The normalized spacial score (nSPS) is 12.0. The first-order chi connectivity index (χ1) is 7.72. The fourth-order valence-corrected chi connectivity index (χ4v) is 3.75. The first-order valence-corrected chi connectivity index (χ1v) is 6.73. The van der Waals surface area contributed by atoms with Crippen LogP contribution in [0, 0.1) is 11.3 Å². The summed E-state index contributed by atoms with van der Waals surface area (Å²) in [5.74, 6) is 0. The summed E-state index contributed by atoms with van der Waals surface area (Å²) in [6, 6.07) is 12.6. The molecule has 1 aromatic heterocycles. The predicted octanol–water partition coefficient (Wildman–Crippen LogP) is 3.44. The molecule has 1 aromatic carbocycles. The highest BCUT2D eigenvalue weighted by Crippen LogP contribution is 2.32. The van der Waals surface area contributed by atoms with Crippen LogP contribution >= 0.6 is 22.9 Å². The summed E-state index contributed by atoms with van der Waals surface area (Å²) in [6.07, 6.45) is 0. The van der Waals surface area contributed by atoms with Gasteiger partial charge in [0.15, 0.2) is 0 Å². The third-order valence-corrected chi connectivity index (χ3v) is 4.85. The topological polar surface area (TPSA) is 40.9 Å². The van der Waals surface area contributed by atoms with E-state index in [2.05, 4.69) is 0 Å². The molecule has 1 atom stereocenters. The lowest BCUT2D eigenvalue weighted by Gasteiger charge is -1.99. The molecule has 0 radical (unpaired) electrons. The molecular formula is C11H6ClNOS2. The molecule has 0 amide bonds. The van der Waals surface area contributed by atoms with E-state index in [0.717, 1.165) is 11.3 Å². The van der Waals surface area contributed by atoms with Crippen LogP contribution in [0.25, 0.3) is 0 Å². The number of halogens is 1. The van der Waals surface area contributed by atoms with E-state index < -0.39 is 10.8 Å². The van der Waals surface area contributed by atoms with E-state index in [9.17, 15) is 4.21 Å². The quantitative estimate of drug-likeness (QED) is 0.836. The van der Waals surface area contributed by atoms with E-state index in [4.69, 9.17) is 16.9 Å². The van der Waals surface area contributed by atoms with Crippen molar-refractivity contribution < 1.29 is 4.21 Å². The lowest BCUT2D eigenvalue weighted by Crippen LogP contribution is -1.90. The Morgan fingerprint density at radius 3 is 2.56 bits per heavy atom. The number of benzene rings is 1. The van der Waals surface area contributed by atoms with Gasteiger partial charge in [0, 0.05) is 4.90 Å². The summed E-state index contributed by atoms with van der Waals surface area (Å²) in [5, 5.41) is 8.73. The van der Waals surface area contributed by atoms with Gasteiger partial charge in [0.1, 0.15) is 15.3 Å². The summed E-state index contributed by atoms with van der Waals surface area (Å²) in [6.45, 7) is 0. The molecule has 0 saturated heterocycles. The maximum Gasteiger partial charge on any atom is 0.111 e. The van der Waals surface area contributed by atoms with Crippen molar-refractivity contribution >= 4 is 33.7 Å². The molecule has 2 aromatic rings. The van der Waals surface area contributed by atoms with Gasteiger partial charge in [0.05, 0.1) is 15.7 Å². The number of hydrogen-bond acceptors (Lipinski definition) is 3. The second-order valence-electron chi connectivity index (χ2n) is 2.94. The summed E-state index contributed by atoms with van der Waals surface area (Å²) in [4.78, 5) is 1.67. The third-order valence-electron chi connectivity index (χ3n) is 1.92. The maximum atomic E-state index is 12.1. The first kappa shape index (κ1) is 11.3. The van der Waals surface area contributed by atoms with Crippen LogP contribution in [0.3, 0.4) is 0 Å². The van der Waals surface area contributed by atoms with Crippen molar-refractivity contribution in [1.29, 1.82) is 5.26 Å². The van der Waals surface area contributed by atoms with Crippen molar-refractivity contribution in [3.63, 3.8) is 0 Å². The molecule has 80 valence electrons. The molecule has 0 N–H and O–H groups in total. The molecule has 0 bridgehead atoms. The standard InChI is InChI=1S/C11H6ClNOS2/c12-11-10(6-8(7-13)15-11)16(14)9-4-2-1-3-5-9/h1-6H. The van der Waals surface area contributed by atoms with Gasteiger partial charge in [-0.3, -0.25) is 0 Å². The Morgan fingerprint density at radius 2 is 2.00 bits per heavy atom. The van der Waals surface area contributed by atoms with Crippen molar-refractivity contribution in [3.05, 3.63) is 45.6 Å². The minimum absolute atomic E-state index is 0.415. The van der Waals surface area contributed by atoms with E-state index in [0.29, 0.717) is 19.0 Å². The molecule has 1 unspecified atom stereocenters. The van der Waals surface area contributed by atoms with Gasteiger partial charge < -0.3 is 0 Å². The molecule has 0 aliphatic heterocycles. The van der Waals surface area contributed by atoms with Gasteiger partial charge in [-0.1, -0.05) is 29.8 Å². The van der Waals surface area contributed by atoms with Gasteiger partial charge in [-0.2, -0.15) is 5.26 Å². The molecule has 5 heteroatoms. The predicted molar refractivity (Wildman–Crippen MR) is 65.2 cm³/mol. The van der Waals surface area contributed by atoms with Crippen LogP contribution in [0.2, 0.25) is 4.34 Å². The number of nitriles is 1.